The fourth-order valence-corrected chi connectivity index (χ4v) is 2.63. The smallest absolute Gasteiger partial charge is 0.152 e. The summed E-state index contributed by atoms with van der Waals surface area (Å²) in [6, 6.07) is 17.5. The minimum Gasteiger partial charge on any atom is -0.291 e. The molecule has 3 heteroatoms. The molecule has 0 spiro atoms. The maximum atomic E-state index is 12.3. The van der Waals surface area contributed by atoms with Crippen molar-refractivity contribution in [1.82, 2.24) is 0 Å². The summed E-state index contributed by atoms with van der Waals surface area (Å²) in [6.45, 7) is 2.03. The molecule has 0 saturated carbocycles. The minimum atomic E-state index is -1.15. The van der Waals surface area contributed by atoms with Gasteiger partial charge >= 0.3 is 0 Å². The van der Waals surface area contributed by atoms with Crippen LogP contribution in [0.4, 0.5) is 5.69 Å². The lowest BCUT2D eigenvalue weighted by Crippen LogP contribution is -2.20. The fourth-order valence-electron chi connectivity index (χ4n) is 1.61. The first kappa shape index (κ1) is 11.9. The molecule has 0 aliphatic rings. The summed E-state index contributed by atoms with van der Waals surface area (Å²) in [5.74, 6) is 0. The van der Waals surface area contributed by atoms with Crippen molar-refractivity contribution in [1.29, 1.82) is 0 Å². The van der Waals surface area contributed by atoms with Gasteiger partial charge in [-0.3, -0.25) is 4.31 Å². The number of rotatable bonds is 3. The normalized spacial score (nSPS) is 12.1. The van der Waals surface area contributed by atoms with Crippen molar-refractivity contribution in [2.75, 3.05) is 11.4 Å². The van der Waals surface area contributed by atoms with E-state index in [1.165, 1.54) is 5.56 Å². The summed E-state index contributed by atoms with van der Waals surface area (Å²) in [5, 5.41) is 0. The van der Waals surface area contributed by atoms with Gasteiger partial charge in [-0.1, -0.05) is 30.3 Å². The molecular formula is C14H15NOS. The molecule has 1 atom stereocenters. The first-order chi connectivity index (χ1) is 8.18. The number of anilines is 1. The SMILES string of the molecule is Cc1cccc(N(C)S(=O)c2ccccc2)c1. The van der Waals surface area contributed by atoms with Crippen LogP contribution in [0.15, 0.2) is 59.5 Å². The van der Waals surface area contributed by atoms with Gasteiger partial charge in [-0.15, -0.1) is 0 Å². The maximum absolute atomic E-state index is 12.3. The summed E-state index contributed by atoms with van der Waals surface area (Å²) in [4.78, 5) is 0.816. The fraction of sp³-hybridized carbons (Fsp3) is 0.143. The van der Waals surface area contributed by atoms with E-state index in [1.54, 1.807) is 4.31 Å². The second-order valence-electron chi connectivity index (χ2n) is 3.90. The summed E-state index contributed by atoms with van der Waals surface area (Å²) in [7, 11) is 0.691. The Morgan fingerprint density at radius 2 is 1.71 bits per heavy atom. The summed E-state index contributed by atoms with van der Waals surface area (Å²) in [6.07, 6.45) is 0. The van der Waals surface area contributed by atoms with E-state index in [4.69, 9.17) is 0 Å². The van der Waals surface area contributed by atoms with Gasteiger partial charge in [0, 0.05) is 12.7 Å². The third-order valence-corrected chi connectivity index (χ3v) is 3.94. The van der Waals surface area contributed by atoms with Crippen LogP contribution in [0.25, 0.3) is 0 Å². The first-order valence-electron chi connectivity index (χ1n) is 5.46. The Labute approximate surface area is 104 Å². The molecule has 2 rings (SSSR count). The van der Waals surface area contributed by atoms with Gasteiger partial charge in [0.25, 0.3) is 0 Å². The second-order valence-corrected chi connectivity index (χ2v) is 5.42. The first-order valence-corrected chi connectivity index (χ1v) is 6.56. The molecule has 0 bridgehead atoms. The quantitative estimate of drug-likeness (QED) is 0.813. The van der Waals surface area contributed by atoms with Gasteiger partial charge in [-0.25, -0.2) is 4.21 Å². The average molecular weight is 245 g/mol. The summed E-state index contributed by atoms with van der Waals surface area (Å²) >= 11 is 0. The molecule has 0 saturated heterocycles. The molecule has 2 aromatic carbocycles. The summed E-state index contributed by atoms with van der Waals surface area (Å²) in [5.41, 5.74) is 2.13. The monoisotopic (exact) mass is 245 g/mol. The molecule has 0 radical (unpaired) electrons. The van der Waals surface area contributed by atoms with Crippen LogP contribution in [0.5, 0.6) is 0 Å². The molecule has 0 amide bonds. The zero-order valence-corrected chi connectivity index (χ0v) is 10.8. The second kappa shape index (κ2) is 5.15. The van der Waals surface area contributed by atoms with Crippen LogP contribution in [0.1, 0.15) is 5.56 Å². The van der Waals surface area contributed by atoms with Crippen LogP contribution in [0.3, 0.4) is 0 Å². The Morgan fingerprint density at radius 3 is 2.35 bits per heavy atom. The molecule has 0 aromatic heterocycles. The van der Waals surface area contributed by atoms with Gasteiger partial charge in [0.15, 0.2) is 11.0 Å². The molecule has 17 heavy (non-hydrogen) atoms. The predicted octanol–water partition coefficient (Wildman–Crippen LogP) is 3.15. The predicted molar refractivity (Wildman–Crippen MR) is 72.4 cm³/mol. The van der Waals surface area contributed by atoms with E-state index in [-0.39, 0.29) is 0 Å². The zero-order chi connectivity index (χ0) is 12.3. The molecule has 2 aromatic rings. The van der Waals surface area contributed by atoms with Gasteiger partial charge in [-0.2, -0.15) is 0 Å². The highest BCUT2D eigenvalue weighted by atomic mass is 32.2. The van der Waals surface area contributed by atoms with Crippen LogP contribution in [-0.4, -0.2) is 11.3 Å². The van der Waals surface area contributed by atoms with E-state index >= 15 is 0 Å². The van der Waals surface area contributed by atoms with Crippen molar-refractivity contribution < 1.29 is 4.21 Å². The third-order valence-electron chi connectivity index (χ3n) is 2.56. The molecule has 0 aliphatic heterocycles. The van der Waals surface area contributed by atoms with E-state index in [9.17, 15) is 4.21 Å². The minimum absolute atomic E-state index is 0.816. The zero-order valence-electron chi connectivity index (χ0n) is 9.96. The van der Waals surface area contributed by atoms with Crippen molar-refractivity contribution in [3.8, 4) is 0 Å². The van der Waals surface area contributed by atoms with Crippen LogP contribution in [-0.2, 0) is 11.0 Å². The highest BCUT2D eigenvalue weighted by molar-refractivity contribution is 7.86. The van der Waals surface area contributed by atoms with Gasteiger partial charge in [0.2, 0.25) is 0 Å². The van der Waals surface area contributed by atoms with Crippen molar-refractivity contribution in [3.05, 3.63) is 60.2 Å². The van der Waals surface area contributed by atoms with E-state index in [0.29, 0.717) is 0 Å². The molecule has 2 nitrogen and oxygen atoms in total. The van der Waals surface area contributed by atoms with Gasteiger partial charge in [-0.05, 0) is 36.8 Å². The van der Waals surface area contributed by atoms with E-state index in [0.717, 1.165) is 10.6 Å². The Hall–Kier alpha value is -1.61. The lowest BCUT2D eigenvalue weighted by Gasteiger charge is -2.18. The maximum Gasteiger partial charge on any atom is 0.152 e. The molecule has 0 aliphatic carbocycles. The van der Waals surface area contributed by atoms with Crippen LogP contribution in [0.2, 0.25) is 0 Å². The topological polar surface area (TPSA) is 20.3 Å². The highest BCUT2D eigenvalue weighted by Crippen LogP contribution is 2.19. The molecule has 1 unspecified atom stereocenters. The Morgan fingerprint density at radius 1 is 1.00 bits per heavy atom. The highest BCUT2D eigenvalue weighted by Gasteiger charge is 2.10. The standard InChI is InChI=1S/C14H15NOS/c1-12-7-6-8-13(11-12)15(2)17(16)14-9-4-3-5-10-14/h3-11H,1-2H3. The van der Waals surface area contributed by atoms with Crippen molar-refractivity contribution >= 4 is 16.7 Å². The van der Waals surface area contributed by atoms with Gasteiger partial charge in [0.1, 0.15) is 0 Å². The number of benzene rings is 2. The largest absolute Gasteiger partial charge is 0.291 e. The average Bonchev–Trinajstić information content (AvgIpc) is 2.38. The molecule has 0 heterocycles. The molecule has 88 valence electrons. The van der Waals surface area contributed by atoms with Crippen molar-refractivity contribution in [2.24, 2.45) is 0 Å². The van der Waals surface area contributed by atoms with E-state index in [2.05, 4.69) is 0 Å². The van der Waals surface area contributed by atoms with Crippen LogP contribution in [0, 0.1) is 6.92 Å². The number of nitrogens with zero attached hydrogens (tertiary/aromatic N) is 1. The lowest BCUT2D eigenvalue weighted by atomic mass is 10.2. The lowest BCUT2D eigenvalue weighted by molar-refractivity contribution is 0.682. The summed E-state index contributed by atoms with van der Waals surface area (Å²) < 4.78 is 14.1. The van der Waals surface area contributed by atoms with E-state index in [1.807, 2.05) is 68.6 Å². The van der Waals surface area contributed by atoms with Gasteiger partial charge in [0.05, 0.1) is 4.90 Å². The molecular weight excluding hydrogens is 230 g/mol. The van der Waals surface area contributed by atoms with Gasteiger partial charge < -0.3 is 0 Å². The molecule has 0 fully saturated rings. The van der Waals surface area contributed by atoms with Crippen molar-refractivity contribution in [2.45, 2.75) is 11.8 Å². The van der Waals surface area contributed by atoms with Crippen LogP contribution >= 0.6 is 0 Å². The van der Waals surface area contributed by atoms with E-state index < -0.39 is 11.0 Å². The molecule has 0 N–H and O–H groups in total. The van der Waals surface area contributed by atoms with Crippen molar-refractivity contribution in [3.63, 3.8) is 0 Å². The van der Waals surface area contributed by atoms with Crippen LogP contribution < -0.4 is 4.31 Å². The number of hydrogen-bond acceptors (Lipinski definition) is 1. The number of hydrogen-bond donors (Lipinski definition) is 0. The Balaban J connectivity index is 2.27. The number of aryl methyl sites for hydroxylation is 1. The Kier molecular flexibility index (Phi) is 3.59. The third kappa shape index (κ3) is 2.74. The Bertz CT molecular complexity index is 525.